The van der Waals surface area contributed by atoms with E-state index in [2.05, 4.69) is 6.58 Å². The van der Waals surface area contributed by atoms with Gasteiger partial charge in [0.15, 0.2) is 0 Å². The lowest BCUT2D eigenvalue weighted by atomic mass is 9.90. The molecule has 0 aliphatic heterocycles. The highest BCUT2D eigenvalue weighted by Gasteiger charge is 2.13. The van der Waals surface area contributed by atoms with Crippen LogP contribution in [-0.4, -0.2) is 5.11 Å². The van der Waals surface area contributed by atoms with E-state index in [-0.39, 0.29) is 6.61 Å². The van der Waals surface area contributed by atoms with E-state index in [4.69, 9.17) is 11.6 Å². The van der Waals surface area contributed by atoms with Crippen molar-refractivity contribution in [3.63, 3.8) is 0 Å². The molecule has 0 spiro atoms. The van der Waals surface area contributed by atoms with Crippen molar-refractivity contribution in [1.29, 1.82) is 0 Å². The summed E-state index contributed by atoms with van der Waals surface area (Å²) >= 11 is 6.39. The highest BCUT2D eigenvalue weighted by Crippen LogP contribution is 2.38. The maximum Gasteiger partial charge on any atom is 0.0688 e. The van der Waals surface area contributed by atoms with E-state index in [1.54, 1.807) is 0 Å². The number of rotatable bonds is 4. The van der Waals surface area contributed by atoms with Crippen LogP contribution in [0.5, 0.6) is 0 Å². The maximum atomic E-state index is 9.77. The van der Waals surface area contributed by atoms with Crippen LogP contribution in [0.25, 0.3) is 28.3 Å². The van der Waals surface area contributed by atoms with Crippen LogP contribution in [0.4, 0.5) is 0 Å². The molecule has 114 valence electrons. The summed E-state index contributed by atoms with van der Waals surface area (Å²) in [6.07, 6.45) is 1.82. The Morgan fingerprint density at radius 1 is 0.870 bits per heavy atom. The molecule has 0 aliphatic rings. The molecule has 1 N–H and O–H groups in total. The third-order valence-electron chi connectivity index (χ3n) is 3.92. The number of aliphatic hydroxyl groups is 1. The molecule has 0 saturated carbocycles. The first kappa shape index (κ1) is 15.5. The minimum Gasteiger partial charge on any atom is -0.392 e. The van der Waals surface area contributed by atoms with Crippen molar-refractivity contribution in [3.05, 3.63) is 89.5 Å². The van der Waals surface area contributed by atoms with Gasteiger partial charge in [-0.15, -0.1) is 0 Å². The average Bonchev–Trinajstić information content (AvgIpc) is 2.61. The number of aliphatic hydroxyl groups excluding tert-OH is 1. The van der Waals surface area contributed by atoms with Gasteiger partial charge in [-0.2, -0.15) is 0 Å². The second-order valence-corrected chi connectivity index (χ2v) is 5.71. The Morgan fingerprint density at radius 2 is 1.57 bits per heavy atom. The summed E-state index contributed by atoms with van der Waals surface area (Å²) < 4.78 is 0. The molecule has 0 saturated heterocycles. The summed E-state index contributed by atoms with van der Waals surface area (Å²) in [7, 11) is 0. The molecular weight excluding hydrogens is 304 g/mol. The van der Waals surface area contributed by atoms with Gasteiger partial charge in [0, 0.05) is 10.6 Å². The smallest absolute Gasteiger partial charge is 0.0688 e. The number of benzene rings is 3. The second-order valence-electron chi connectivity index (χ2n) is 5.30. The number of hydrogen-bond donors (Lipinski definition) is 1. The van der Waals surface area contributed by atoms with E-state index in [0.29, 0.717) is 5.02 Å². The van der Waals surface area contributed by atoms with Gasteiger partial charge in [-0.3, -0.25) is 0 Å². The van der Waals surface area contributed by atoms with Gasteiger partial charge in [0.1, 0.15) is 0 Å². The van der Waals surface area contributed by atoms with Crippen molar-refractivity contribution in [2.45, 2.75) is 6.61 Å². The van der Waals surface area contributed by atoms with Crippen LogP contribution in [0.3, 0.4) is 0 Å². The third kappa shape index (κ3) is 3.07. The standard InChI is InChI=1S/C21H17ClO/c1-2-15-10-12-16(13-11-15)21-17(14-23)6-5-8-19(21)18-7-3-4-9-20(18)22/h2-13,23H,1,14H2. The van der Waals surface area contributed by atoms with E-state index >= 15 is 0 Å². The highest BCUT2D eigenvalue weighted by molar-refractivity contribution is 6.33. The van der Waals surface area contributed by atoms with E-state index in [1.807, 2.05) is 72.8 Å². The molecule has 0 amide bonds. The average molecular weight is 321 g/mol. The molecule has 3 rings (SSSR count). The SMILES string of the molecule is C=Cc1ccc(-c2c(CO)cccc2-c2ccccc2Cl)cc1. The zero-order chi connectivity index (χ0) is 16.2. The van der Waals surface area contributed by atoms with Crippen LogP contribution in [0.2, 0.25) is 5.02 Å². The molecular formula is C21H17ClO. The molecule has 0 atom stereocenters. The zero-order valence-corrected chi connectivity index (χ0v) is 13.4. The van der Waals surface area contributed by atoms with Crippen molar-refractivity contribution in [2.75, 3.05) is 0 Å². The van der Waals surface area contributed by atoms with Crippen molar-refractivity contribution in [2.24, 2.45) is 0 Å². The molecule has 23 heavy (non-hydrogen) atoms. The van der Waals surface area contributed by atoms with Gasteiger partial charge in [0.2, 0.25) is 0 Å². The first-order valence-electron chi connectivity index (χ1n) is 7.45. The Balaban J connectivity index is 2.25. The van der Waals surface area contributed by atoms with Gasteiger partial charge in [0.05, 0.1) is 6.61 Å². The van der Waals surface area contributed by atoms with Crippen LogP contribution in [-0.2, 0) is 6.61 Å². The van der Waals surface area contributed by atoms with E-state index in [9.17, 15) is 5.11 Å². The summed E-state index contributed by atoms with van der Waals surface area (Å²) in [5.41, 5.74) is 6.00. The first-order valence-corrected chi connectivity index (χ1v) is 7.83. The van der Waals surface area contributed by atoms with Gasteiger partial charge in [-0.25, -0.2) is 0 Å². The predicted octanol–water partition coefficient (Wildman–Crippen LogP) is 5.81. The van der Waals surface area contributed by atoms with Crippen LogP contribution in [0, 0.1) is 0 Å². The second kappa shape index (κ2) is 6.82. The molecule has 2 heteroatoms. The van der Waals surface area contributed by atoms with Gasteiger partial charge in [0.25, 0.3) is 0 Å². The quantitative estimate of drug-likeness (QED) is 0.643. The van der Waals surface area contributed by atoms with Crippen molar-refractivity contribution in [3.8, 4) is 22.3 Å². The highest BCUT2D eigenvalue weighted by atomic mass is 35.5. The lowest BCUT2D eigenvalue weighted by Gasteiger charge is -2.15. The molecule has 3 aromatic carbocycles. The normalized spacial score (nSPS) is 10.5. The summed E-state index contributed by atoms with van der Waals surface area (Å²) in [4.78, 5) is 0. The number of halogens is 1. The van der Waals surface area contributed by atoms with Gasteiger partial charge in [-0.05, 0) is 33.9 Å². The van der Waals surface area contributed by atoms with E-state index in [1.165, 1.54) is 0 Å². The number of hydrogen-bond acceptors (Lipinski definition) is 1. The van der Waals surface area contributed by atoms with Crippen LogP contribution in [0.1, 0.15) is 11.1 Å². The van der Waals surface area contributed by atoms with Crippen LogP contribution in [0.15, 0.2) is 73.3 Å². The van der Waals surface area contributed by atoms with Gasteiger partial charge >= 0.3 is 0 Å². The Labute approximate surface area is 141 Å². The predicted molar refractivity (Wildman–Crippen MR) is 98.3 cm³/mol. The van der Waals surface area contributed by atoms with Gasteiger partial charge < -0.3 is 5.11 Å². The molecule has 0 radical (unpaired) electrons. The molecule has 0 unspecified atom stereocenters. The first-order chi connectivity index (χ1) is 11.2. The largest absolute Gasteiger partial charge is 0.392 e. The van der Waals surface area contributed by atoms with E-state index in [0.717, 1.165) is 33.4 Å². The fourth-order valence-corrected chi connectivity index (χ4v) is 3.00. The zero-order valence-electron chi connectivity index (χ0n) is 12.7. The molecule has 1 nitrogen and oxygen atoms in total. The summed E-state index contributed by atoms with van der Waals surface area (Å²) in [6, 6.07) is 21.8. The summed E-state index contributed by atoms with van der Waals surface area (Å²) in [5, 5.41) is 10.5. The van der Waals surface area contributed by atoms with Crippen molar-refractivity contribution < 1.29 is 5.11 Å². The topological polar surface area (TPSA) is 20.2 Å². The molecule has 0 bridgehead atoms. The fourth-order valence-electron chi connectivity index (χ4n) is 2.76. The van der Waals surface area contributed by atoms with Crippen molar-refractivity contribution in [1.82, 2.24) is 0 Å². The lowest BCUT2D eigenvalue weighted by molar-refractivity contribution is 0.282. The molecule has 0 aromatic heterocycles. The lowest BCUT2D eigenvalue weighted by Crippen LogP contribution is -1.94. The van der Waals surface area contributed by atoms with Crippen molar-refractivity contribution >= 4 is 17.7 Å². The third-order valence-corrected chi connectivity index (χ3v) is 4.25. The minimum atomic E-state index is -0.0170. The summed E-state index contributed by atoms with van der Waals surface area (Å²) in [6.45, 7) is 3.77. The molecule has 3 aromatic rings. The monoisotopic (exact) mass is 320 g/mol. The van der Waals surface area contributed by atoms with Crippen LogP contribution < -0.4 is 0 Å². The molecule has 0 heterocycles. The van der Waals surface area contributed by atoms with Crippen LogP contribution >= 0.6 is 11.6 Å². The summed E-state index contributed by atoms with van der Waals surface area (Å²) in [5.74, 6) is 0. The fraction of sp³-hybridized carbons (Fsp3) is 0.0476. The minimum absolute atomic E-state index is 0.0170. The Morgan fingerprint density at radius 3 is 2.22 bits per heavy atom. The Hall–Kier alpha value is -2.35. The Bertz CT molecular complexity index is 835. The molecule has 0 aliphatic carbocycles. The van der Waals surface area contributed by atoms with E-state index < -0.39 is 0 Å². The van der Waals surface area contributed by atoms with Gasteiger partial charge in [-0.1, -0.05) is 84.9 Å². The molecule has 0 fully saturated rings. The maximum absolute atomic E-state index is 9.77. The Kier molecular flexibility index (Phi) is 4.61.